The monoisotopic (exact) mass is 239 g/mol. The molecule has 0 radical (unpaired) electrons. The van der Waals surface area contributed by atoms with Crippen LogP contribution in [0.5, 0.6) is 0 Å². The van der Waals surface area contributed by atoms with Crippen LogP contribution in [0.2, 0.25) is 0 Å². The molecule has 0 aliphatic carbocycles. The molecule has 1 saturated heterocycles. The molecule has 0 bridgehead atoms. The zero-order valence-electron chi connectivity index (χ0n) is 10.1. The highest BCUT2D eigenvalue weighted by molar-refractivity contribution is 7.11. The highest BCUT2D eigenvalue weighted by atomic mass is 32.1. The van der Waals surface area contributed by atoms with Gasteiger partial charge in [0.25, 0.3) is 0 Å². The van der Waals surface area contributed by atoms with Crippen LogP contribution in [-0.2, 0) is 6.42 Å². The Morgan fingerprint density at radius 1 is 1.56 bits per heavy atom. The third-order valence-corrected chi connectivity index (χ3v) is 4.54. The summed E-state index contributed by atoms with van der Waals surface area (Å²) in [5.74, 6) is 0.822. The van der Waals surface area contributed by atoms with E-state index in [1.165, 1.54) is 35.8 Å². The summed E-state index contributed by atoms with van der Waals surface area (Å²) in [6.07, 6.45) is 5.71. The number of hydrogen-bond donors (Lipinski definition) is 1. The molecule has 90 valence electrons. The van der Waals surface area contributed by atoms with Gasteiger partial charge in [-0.05, 0) is 45.8 Å². The molecule has 1 aromatic rings. The number of thiazole rings is 1. The molecular weight excluding hydrogens is 218 g/mol. The van der Waals surface area contributed by atoms with Gasteiger partial charge in [-0.1, -0.05) is 0 Å². The Kier molecular flexibility index (Phi) is 3.95. The van der Waals surface area contributed by atoms with Gasteiger partial charge in [0.15, 0.2) is 0 Å². The van der Waals surface area contributed by atoms with Crippen molar-refractivity contribution in [3.63, 3.8) is 0 Å². The molecular formula is C12H21N3S. The lowest BCUT2D eigenvalue weighted by molar-refractivity contribution is 0.219. The number of rotatable bonds is 3. The summed E-state index contributed by atoms with van der Waals surface area (Å²) in [7, 11) is 2.20. The molecule has 16 heavy (non-hydrogen) atoms. The standard InChI is InChI=1S/C12H21N3S/c1-9(13)11-8-14-12(16-11)7-10-3-5-15(2)6-4-10/h8-10H,3-7,13H2,1-2H3. The van der Waals surface area contributed by atoms with E-state index in [2.05, 4.69) is 16.9 Å². The first-order chi connectivity index (χ1) is 7.65. The minimum Gasteiger partial charge on any atom is -0.323 e. The van der Waals surface area contributed by atoms with E-state index in [9.17, 15) is 0 Å². The van der Waals surface area contributed by atoms with E-state index in [4.69, 9.17) is 5.73 Å². The van der Waals surface area contributed by atoms with E-state index in [0.29, 0.717) is 0 Å². The largest absolute Gasteiger partial charge is 0.323 e. The lowest BCUT2D eigenvalue weighted by Crippen LogP contribution is -2.30. The second-order valence-corrected chi connectivity index (χ2v) is 6.04. The number of nitrogens with zero attached hydrogens (tertiary/aromatic N) is 2. The van der Waals surface area contributed by atoms with Crippen LogP contribution in [0.25, 0.3) is 0 Å². The molecule has 2 rings (SSSR count). The molecule has 4 heteroatoms. The summed E-state index contributed by atoms with van der Waals surface area (Å²) in [4.78, 5) is 8.09. The molecule has 3 nitrogen and oxygen atoms in total. The SMILES string of the molecule is CC(N)c1cnc(CC2CCN(C)CC2)s1. The Balaban J connectivity index is 1.88. The number of hydrogen-bond acceptors (Lipinski definition) is 4. The third-order valence-electron chi connectivity index (χ3n) is 3.32. The molecule has 1 unspecified atom stereocenters. The lowest BCUT2D eigenvalue weighted by atomic mass is 9.94. The second-order valence-electron chi connectivity index (χ2n) is 4.90. The molecule has 0 amide bonds. The van der Waals surface area contributed by atoms with Crippen molar-refractivity contribution in [2.24, 2.45) is 11.7 Å². The minimum atomic E-state index is 0.128. The predicted octanol–water partition coefficient (Wildman–Crippen LogP) is 2.05. The highest BCUT2D eigenvalue weighted by Crippen LogP contribution is 2.25. The van der Waals surface area contributed by atoms with E-state index < -0.39 is 0 Å². The van der Waals surface area contributed by atoms with Crippen molar-refractivity contribution in [1.29, 1.82) is 0 Å². The van der Waals surface area contributed by atoms with Crippen molar-refractivity contribution in [2.75, 3.05) is 20.1 Å². The van der Waals surface area contributed by atoms with E-state index >= 15 is 0 Å². The first kappa shape index (κ1) is 12.0. The summed E-state index contributed by atoms with van der Waals surface area (Å²) in [6, 6.07) is 0.128. The molecule has 0 spiro atoms. The molecule has 0 aromatic carbocycles. The second kappa shape index (κ2) is 5.25. The van der Waals surface area contributed by atoms with Gasteiger partial charge in [0, 0.05) is 23.5 Å². The fourth-order valence-corrected chi connectivity index (χ4v) is 3.13. The predicted molar refractivity (Wildman–Crippen MR) is 68.6 cm³/mol. The fourth-order valence-electron chi connectivity index (χ4n) is 2.14. The normalized spacial score (nSPS) is 21.2. The minimum absolute atomic E-state index is 0.128. The number of nitrogens with two attached hydrogens (primary N) is 1. The maximum atomic E-state index is 5.84. The Morgan fingerprint density at radius 2 is 2.25 bits per heavy atom. The average Bonchev–Trinajstić information content (AvgIpc) is 2.70. The van der Waals surface area contributed by atoms with Gasteiger partial charge >= 0.3 is 0 Å². The molecule has 1 aromatic heterocycles. The topological polar surface area (TPSA) is 42.1 Å². The van der Waals surface area contributed by atoms with E-state index in [1.54, 1.807) is 11.3 Å². The maximum Gasteiger partial charge on any atom is 0.0931 e. The molecule has 1 fully saturated rings. The Bertz CT molecular complexity index is 327. The van der Waals surface area contributed by atoms with E-state index in [1.807, 2.05) is 13.1 Å². The van der Waals surface area contributed by atoms with Gasteiger partial charge in [-0.3, -0.25) is 0 Å². The smallest absolute Gasteiger partial charge is 0.0931 e. The molecule has 2 heterocycles. The van der Waals surface area contributed by atoms with Crippen molar-refractivity contribution in [2.45, 2.75) is 32.2 Å². The van der Waals surface area contributed by atoms with Crippen molar-refractivity contribution in [3.8, 4) is 0 Å². The summed E-state index contributed by atoms with van der Waals surface area (Å²) >= 11 is 1.79. The van der Waals surface area contributed by atoms with Crippen molar-refractivity contribution in [1.82, 2.24) is 9.88 Å². The molecule has 1 atom stereocenters. The van der Waals surface area contributed by atoms with Crippen LogP contribution in [0.4, 0.5) is 0 Å². The van der Waals surface area contributed by atoms with Crippen molar-refractivity contribution >= 4 is 11.3 Å². The van der Waals surface area contributed by atoms with E-state index in [-0.39, 0.29) is 6.04 Å². The first-order valence-corrected chi connectivity index (χ1v) is 6.85. The van der Waals surface area contributed by atoms with Crippen molar-refractivity contribution in [3.05, 3.63) is 16.1 Å². The fraction of sp³-hybridized carbons (Fsp3) is 0.750. The van der Waals surface area contributed by atoms with Crippen molar-refractivity contribution < 1.29 is 0 Å². The lowest BCUT2D eigenvalue weighted by Gasteiger charge is -2.28. The van der Waals surface area contributed by atoms with Crippen LogP contribution < -0.4 is 5.73 Å². The average molecular weight is 239 g/mol. The summed E-state index contributed by atoms with van der Waals surface area (Å²) in [5.41, 5.74) is 5.84. The van der Waals surface area contributed by atoms with Gasteiger partial charge < -0.3 is 10.6 Å². The van der Waals surface area contributed by atoms with Crippen LogP contribution in [0, 0.1) is 5.92 Å². The van der Waals surface area contributed by atoms with E-state index in [0.717, 1.165) is 12.3 Å². The van der Waals surface area contributed by atoms with Gasteiger partial charge in [0.05, 0.1) is 5.01 Å². The summed E-state index contributed by atoms with van der Waals surface area (Å²) < 4.78 is 0. The third kappa shape index (κ3) is 3.03. The van der Waals surface area contributed by atoms with Crippen LogP contribution in [0.1, 0.15) is 35.7 Å². The van der Waals surface area contributed by atoms with Gasteiger partial charge in [0.1, 0.15) is 0 Å². The van der Waals surface area contributed by atoms with Gasteiger partial charge in [-0.25, -0.2) is 4.98 Å². The molecule has 1 aliphatic heterocycles. The van der Waals surface area contributed by atoms with Gasteiger partial charge in [-0.2, -0.15) is 0 Å². The zero-order valence-corrected chi connectivity index (χ0v) is 11.0. The molecule has 1 aliphatic rings. The molecule has 0 saturated carbocycles. The Labute approximate surface area is 102 Å². The summed E-state index contributed by atoms with van der Waals surface area (Å²) in [5, 5.41) is 1.27. The van der Waals surface area contributed by atoms with Crippen LogP contribution >= 0.6 is 11.3 Å². The highest BCUT2D eigenvalue weighted by Gasteiger charge is 2.18. The number of piperidine rings is 1. The maximum absolute atomic E-state index is 5.84. The Hall–Kier alpha value is -0.450. The first-order valence-electron chi connectivity index (χ1n) is 6.04. The molecule has 2 N–H and O–H groups in total. The van der Waals surface area contributed by atoms with Gasteiger partial charge in [-0.15, -0.1) is 11.3 Å². The van der Waals surface area contributed by atoms with Gasteiger partial charge in [0.2, 0.25) is 0 Å². The Morgan fingerprint density at radius 3 is 2.81 bits per heavy atom. The van der Waals surface area contributed by atoms with Crippen LogP contribution in [-0.4, -0.2) is 30.0 Å². The summed E-state index contributed by atoms with van der Waals surface area (Å²) in [6.45, 7) is 4.49. The number of likely N-dealkylation sites (tertiary alicyclic amines) is 1. The number of aromatic nitrogens is 1. The quantitative estimate of drug-likeness (QED) is 0.878. The zero-order chi connectivity index (χ0) is 11.5. The van der Waals surface area contributed by atoms with Crippen LogP contribution in [0.3, 0.4) is 0 Å². The van der Waals surface area contributed by atoms with Crippen LogP contribution in [0.15, 0.2) is 6.20 Å².